The molecule has 1 heterocycles. The van der Waals surface area contributed by atoms with Crippen molar-refractivity contribution in [2.45, 2.75) is 40.3 Å². The summed E-state index contributed by atoms with van der Waals surface area (Å²) < 4.78 is 2.07. The van der Waals surface area contributed by atoms with Crippen LogP contribution in [0.5, 0.6) is 0 Å². The molecule has 0 unspecified atom stereocenters. The Kier molecular flexibility index (Phi) is 6.59. The zero-order valence-electron chi connectivity index (χ0n) is 14.2. The maximum Gasteiger partial charge on any atom is 0.191 e. The van der Waals surface area contributed by atoms with Crippen LogP contribution in [-0.4, -0.2) is 33.8 Å². The predicted octanol–water partition coefficient (Wildman–Crippen LogP) is 1.90. The number of nitrogens with zero attached hydrogens (tertiary/aromatic N) is 4. The fourth-order valence-electron chi connectivity index (χ4n) is 2.33. The summed E-state index contributed by atoms with van der Waals surface area (Å²) in [6, 6.07) is 8.34. The molecule has 0 fully saturated rings. The largest absolute Gasteiger partial charge is 0.357 e. The lowest BCUT2D eigenvalue weighted by molar-refractivity contribution is 0.632. The van der Waals surface area contributed by atoms with E-state index in [-0.39, 0.29) is 0 Å². The lowest BCUT2D eigenvalue weighted by Gasteiger charge is -2.12. The second kappa shape index (κ2) is 8.92. The monoisotopic (exact) mass is 314 g/mol. The van der Waals surface area contributed by atoms with Crippen molar-refractivity contribution in [3.63, 3.8) is 0 Å². The smallest absolute Gasteiger partial charge is 0.191 e. The molecule has 0 aliphatic carbocycles. The summed E-state index contributed by atoms with van der Waals surface area (Å²) in [6.07, 6.45) is 2.67. The molecule has 23 heavy (non-hydrogen) atoms. The van der Waals surface area contributed by atoms with Crippen molar-refractivity contribution in [2.75, 3.05) is 13.1 Å². The molecule has 0 spiro atoms. The molecule has 0 saturated carbocycles. The van der Waals surface area contributed by atoms with Gasteiger partial charge in [-0.2, -0.15) is 0 Å². The van der Waals surface area contributed by atoms with Gasteiger partial charge in [0.2, 0.25) is 0 Å². The maximum atomic E-state index is 4.66. The highest BCUT2D eigenvalue weighted by molar-refractivity contribution is 5.79. The van der Waals surface area contributed by atoms with Gasteiger partial charge in [0.15, 0.2) is 5.96 Å². The zero-order chi connectivity index (χ0) is 16.5. The van der Waals surface area contributed by atoms with Gasteiger partial charge in [0, 0.05) is 26.1 Å². The molecule has 2 rings (SSSR count). The average molecular weight is 314 g/mol. The van der Waals surface area contributed by atoms with Crippen molar-refractivity contribution >= 4 is 5.96 Å². The van der Waals surface area contributed by atoms with Crippen LogP contribution in [0.4, 0.5) is 0 Å². The van der Waals surface area contributed by atoms with Crippen LogP contribution in [0.25, 0.3) is 0 Å². The van der Waals surface area contributed by atoms with Crippen molar-refractivity contribution in [3.05, 3.63) is 47.5 Å². The fourth-order valence-corrected chi connectivity index (χ4v) is 2.33. The van der Waals surface area contributed by atoms with E-state index in [2.05, 4.69) is 75.4 Å². The number of hydrogen-bond donors (Lipinski definition) is 2. The third-order valence-electron chi connectivity index (χ3n) is 3.67. The van der Waals surface area contributed by atoms with E-state index in [1.54, 1.807) is 6.33 Å². The van der Waals surface area contributed by atoms with Crippen molar-refractivity contribution < 1.29 is 0 Å². The predicted molar refractivity (Wildman–Crippen MR) is 93.4 cm³/mol. The van der Waals surface area contributed by atoms with E-state index in [1.807, 2.05) is 0 Å². The van der Waals surface area contributed by atoms with Gasteiger partial charge in [-0.15, -0.1) is 10.2 Å². The molecule has 2 N–H and O–H groups in total. The summed E-state index contributed by atoms with van der Waals surface area (Å²) >= 11 is 0. The molecule has 6 heteroatoms. The van der Waals surface area contributed by atoms with Gasteiger partial charge in [-0.25, -0.2) is 4.99 Å². The Labute approximate surface area is 138 Å². The molecule has 0 radical (unpaired) electrons. The maximum absolute atomic E-state index is 4.66. The van der Waals surface area contributed by atoms with Gasteiger partial charge in [0.25, 0.3) is 0 Å². The molecule has 0 bridgehead atoms. The molecule has 6 nitrogen and oxygen atoms in total. The summed E-state index contributed by atoms with van der Waals surface area (Å²) in [5.74, 6) is 1.84. The normalized spacial score (nSPS) is 11.5. The standard InChI is InChI=1S/C17H26N6/c1-4-16-22-21-13-23(16)11-10-19-17(18-5-2)20-12-15-9-7-6-8-14(15)3/h6-9,13H,4-5,10-12H2,1-3H3,(H2,18,19,20). The number of rotatable bonds is 7. The Morgan fingerprint density at radius 3 is 2.78 bits per heavy atom. The first-order chi connectivity index (χ1) is 11.2. The van der Waals surface area contributed by atoms with Crippen LogP contribution in [0, 0.1) is 6.92 Å². The highest BCUT2D eigenvalue weighted by Gasteiger charge is 2.02. The Balaban J connectivity index is 1.90. The van der Waals surface area contributed by atoms with Crippen molar-refractivity contribution in [1.29, 1.82) is 0 Å². The molecule has 124 valence electrons. The van der Waals surface area contributed by atoms with E-state index in [4.69, 9.17) is 0 Å². The van der Waals surface area contributed by atoms with Crippen molar-refractivity contribution in [3.8, 4) is 0 Å². The first-order valence-electron chi connectivity index (χ1n) is 8.18. The number of aliphatic imine (C=N–C) groups is 1. The molecule has 1 aromatic carbocycles. The zero-order valence-corrected chi connectivity index (χ0v) is 14.2. The van der Waals surface area contributed by atoms with Crippen LogP contribution >= 0.6 is 0 Å². The number of benzene rings is 1. The minimum atomic E-state index is 0.675. The van der Waals surface area contributed by atoms with E-state index < -0.39 is 0 Å². The Morgan fingerprint density at radius 1 is 1.22 bits per heavy atom. The Bertz CT molecular complexity index is 632. The number of aryl methyl sites for hydroxylation is 2. The van der Waals surface area contributed by atoms with Gasteiger partial charge in [0.1, 0.15) is 12.2 Å². The quantitative estimate of drug-likeness (QED) is 0.605. The molecule has 0 aliphatic rings. The summed E-state index contributed by atoms with van der Waals surface area (Å²) in [5.41, 5.74) is 2.51. The van der Waals surface area contributed by atoms with E-state index in [0.717, 1.165) is 37.8 Å². The number of nitrogens with one attached hydrogen (secondary N) is 2. The van der Waals surface area contributed by atoms with Crippen LogP contribution in [-0.2, 0) is 19.5 Å². The van der Waals surface area contributed by atoms with Gasteiger partial charge >= 0.3 is 0 Å². The second-order valence-corrected chi connectivity index (χ2v) is 5.34. The summed E-state index contributed by atoms with van der Waals surface area (Å²) in [5, 5.41) is 14.7. The van der Waals surface area contributed by atoms with Gasteiger partial charge in [-0.1, -0.05) is 31.2 Å². The summed E-state index contributed by atoms with van der Waals surface area (Å²) in [7, 11) is 0. The fraction of sp³-hybridized carbons (Fsp3) is 0.471. The third kappa shape index (κ3) is 5.09. The van der Waals surface area contributed by atoms with Gasteiger partial charge < -0.3 is 15.2 Å². The highest BCUT2D eigenvalue weighted by Crippen LogP contribution is 2.07. The molecule has 0 aliphatic heterocycles. The molecule has 2 aromatic rings. The summed E-state index contributed by atoms with van der Waals surface area (Å²) in [4.78, 5) is 4.66. The molecular weight excluding hydrogens is 288 g/mol. The lowest BCUT2D eigenvalue weighted by atomic mass is 10.1. The minimum Gasteiger partial charge on any atom is -0.357 e. The van der Waals surface area contributed by atoms with Crippen LogP contribution in [0.1, 0.15) is 30.8 Å². The first-order valence-corrected chi connectivity index (χ1v) is 8.18. The first kappa shape index (κ1) is 17.0. The molecule has 0 atom stereocenters. The molecule has 0 saturated heterocycles. The van der Waals surface area contributed by atoms with E-state index in [9.17, 15) is 0 Å². The van der Waals surface area contributed by atoms with Crippen LogP contribution < -0.4 is 10.6 Å². The third-order valence-corrected chi connectivity index (χ3v) is 3.67. The number of hydrogen-bond acceptors (Lipinski definition) is 3. The number of aromatic nitrogens is 3. The molecule has 0 amide bonds. The SMILES string of the molecule is CCNC(=NCc1ccccc1C)NCCn1cnnc1CC. The topological polar surface area (TPSA) is 67.1 Å². The Hall–Kier alpha value is -2.37. The van der Waals surface area contributed by atoms with Gasteiger partial charge in [-0.05, 0) is 25.0 Å². The van der Waals surface area contributed by atoms with Crippen LogP contribution in [0.2, 0.25) is 0 Å². The van der Waals surface area contributed by atoms with Gasteiger partial charge in [-0.3, -0.25) is 0 Å². The van der Waals surface area contributed by atoms with Crippen LogP contribution in [0.3, 0.4) is 0 Å². The van der Waals surface area contributed by atoms with E-state index in [1.165, 1.54) is 11.1 Å². The van der Waals surface area contributed by atoms with Gasteiger partial charge in [0.05, 0.1) is 6.54 Å². The van der Waals surface area contributed by atoms with Crippen LogP contribution in [0.15, 0.2) is 35.6 Å². The number of guanidine groups is 1. The van der Waals surface area contributed by atoms with Crippen molar-refractivity contribution in [2.24, 2.45) is 4.99 Å². The second-order valence-electron chi connectivity index (χ2n) is 5.34. The van der Waals surface area contributed by atoms with E-state index >= 15 is 0 Å². The Morgan fingerprint density at radius 2 is 2.04 bits per heavy atom. The molecular formula is C17H26N6. The highest BCUT2D eigenvalue weighted by atomic mass is 15.3. The lowest BCUT2D eigenvalue weighted by Crippen LogP contribution is -2.39. The minimum absolute atomic E-state index is 0.675. The van der Waals surface area contributed by atoms with E-state index in [0.29, 0.717) is 6.54 Å². The average Bonchev–Trinajstić information content (AvgIpc) is 3.01. The summed E-state index contributed by atoms with van der Waals surface area (Å²) in [6.45, 7) is 9.39. The molecule has 1 aromatic heterocycles. The van der Waals surface area contributed by atoms with Crippen molar-refractivity contribution in [1.82, 2.24) is 25.4 Å².